The Labute approximate surface area is 118 Å². The minimum absolute atomic E-state index is 0.0780. The summed E-state index contributed by atoms with van der Waals surface area (Å²) in [6.45, 7) is 0.576. The number of aromatic nitrogens is 2. The van der Waals surface area contributed by atoms with Gasteiger partial charge in [0.2, 0.25) is 0 Å². The smallest absolute Gasteiger partial charge is 0.358 e. The molecule has 3 rings (SSSR count). The highest BCUT2D eigenvalue weighted by Gasteiger charge is 2.29. The molecule has 0 saturated heterocycles. The monoisotopic (exact) mass is 289 g/mol. The number of fused-ring (bicyclic) bond motifs is 1. The first-order chi connectivity index (χ1) is 9.68. The first-order valence-electron chi connectivity index (χ1n) is 6.14. The van der Waals surface area contributed by atoms with Crippen molar-refractivity contribution in [2.75, 3.05) is 11.4 Å². The number of amides is 1. The van der Waals surface area contributed by atoms with Gasteiger partial charge in [-0.2, -0.15) is 0 Å². The molecule has 0 bridgehead atoms. The maximum atomic E-state index is 12.5. The van der Waals surface area contributed by atoms with Crippen LogP contribution >= 0.6 is 11.5 Å². The molecule has 1 amide bonds. The van der Waals surface area contributed by atoms with E-state index in [9.17, 15) is 9.59 Å². The van der Waals surface area contributed by atoms with Crippen LogP contribution in [0.5, 0.6) is 0 Å². The number of para-hydroxylation sites is 1. The molecule has 1 aliphatic rings. The third kappa shape index (κ3) is 2.05. The number of benzene rings is 1. The molecule has 0 atom stereocenters. The Morgan fingerprint density at radius 2 is 2.10 bits per heavy atom. The van der Waals surface area contributed by atoms with Gasteiger partial charge < -0.3 is 10.0 Å². The normalized spacial score (nSPS) is 13.9. The Hall–Kier alpha value is -2.28. The standard InChI is InChI=1S/C13H11N3O3S/c17-12(11-10(13(18)19)14-15-20-11)16-7-3-5-8-4-1-2-6-9(8)16/h1-2,4,6H,3,5,7H2,(H,18,19). The fraction of sp³-hybridized carbons (Fsp3) is 0.231. The van der Waals surface area contributed by atoms with Gasteiger partial charge in [-0.3, -0.25) is 4.79 Å². The van der Waals surface area contributed by atoms with Gasteiger partial charge in [0.05, 0.1) is 0 Å². The van der Waals surface area contributed by atoms with E-state index in [4.69, 9.17) is 5.11 Å². The summed E-state index contributed by atoms with van der Waals surface area (Å²) in [6.07, 6.45) is 1.78. The number of carboxylic acid groups (broad SMARTS) is 1. The Morgan fingerprint density at radius 1 is 1.30 bits per heavy atom. The van der Waals surface area contributed by atoms with Gasteiger partial charge in [0.25, 0.3) is 5.91 Å². The van der Waals surface area contributed by atoms with Crippen molar-refractivity contribution in [3.05, 3.63) is 40.4 Å². The number of anilines is 1. The van der Waals surface area contributed by atoms with Crippen molar-refractivity contribution in [3.63, 3.8) is 0 Å². The van der Waals surface area contributed by atoms with Gasteiger partial charge in [-0.05, 0) is 36.0 Å². The Balaban J connectivity index is 2.00. The largest absolute Gasteiger partial charge is 0.476 e. The van der Waals surface area contributed by atoms with Gasteiger partial charge in [-0.1, -0.05) is 22.7 Å². The van der Waals surface area contributed by atoms with Gasteiger partial charge in [-0.25, -0.2) is 4.79 Å². The maximum Gasteiger partial charge on any atom is 0.358 e. The number of nitrogens with zero attached hydrogens (tertiary/aromatic N) is 3. The zero-order valence-corrected chi connectivity index (χ0v) is 11.3. The molecule has 6 nitrogen and oxygen atoms in total. The van der Waals surface area contributed by atoms with E-state index < -0.39 is 5.97 Å². The molecule has 1 aliphatic heterocycles. The first kappa shape index (κ1) is 12.7. The molecular formula is C13H11N3O3S. The quantitative estimate of drug-likeness (QED) is 0.911. The van der Waals surface area contributed by atoms with Crippen LogP contribution in [-0.4, -0.2) is 33.1 Å². The molecular weight excluding hydrogens is 278 g/mol. The van der Waals surface area contributed by atoms with Gasteiger partial charge in [-0.15, -0.1) is 5.10 Å². The molecule has 0 saturated carbocycles. The van der Waals surface area contributed by atoms with Crippen LogP contribution in [-0.2, 0) is 6.42 Å². The molecule has 1 N–H and O–H groups in total. The summed E-state index contributed by atoms with van der Waals surface area (Å²) in [5.41, 5.74) is 1.66. The molecule has 2 heterocycles. The van der Waals surface area contributed by atoms with Crippen molar-refractivity contribution in [2.24, 2.45) is 0 Å². The number of carbonyl (C=O) groups excluding carboxylic acids is 1. The van der Waals surface area contributed by atoms with Crippen LogP contribution < -0.4 is 4.90 Å². The minimum Gasteiger partial charge on any atom is -0.476 e. The SMILES string of the molecule is O=C(O)c1nnsc1C(=O)N1CCCc2ccccc21. The van der Waals surface area contributed by atoms with Crippen molar-refractivity contribution in [3.8, 4) is 0 Å². The second-order valence-corrected chi connectivity index (χ2v) is 5.20. The predicted octanol–water partition coefficient (Wildman–Crippen LogP) is 1.83. The third-order valence-electron chi connectivity index (χ3n) is 3.24. The van der Waals surface area contributed by atoms with Crippen LogP contribution in [0.25, 0.3) is 0 Å². The van der Waals surface area contributed by atoms with E-state index in [1.165, 1.54) is 0 Å². The average Bonchev–Trinajstić information content (AvgIpc) is 2.95. The minimum atomic E-state index is -1.23. The first-order valence-corrected chi connectivity index (χ1v) is 6.91. The summed E-state index contributed by atoms with van der Waals surface area (Å²) in [7, 11) is 0. The molecule has 0 spiro atoms. The van der Waals surface area contributed by atoms with Gasteiger partial charge in [0, 0.05) is 12.2 Å². The van der Waals surface area contributed by atoms with Gasteiger partial charge >= 0.3 is 5.97 Å². The van der Waals surface area contributed by atoms with Crippen LogP contribution in [0.3, 0.4) is 0 Å². The zero-order valence-electron chi connectivity index (χ0n) is 10.4. The average molecular weight is 289 g/mol. The lowest BCUT2D eigenvalue weighted by Gasteiger charge is -2.28. The summed E-state index contributed by atoms with van der Waals surface area (Å²) in [4.78, 5) is 25.3. The highest BCUT2D eigenvalue weighted by atomic mass is 32.1. The van der Waals surface area contributed by atoms with E-state index in [1.807, 2.05) is 24.3 Å². The Morgan fingerprint density at radius 3 is 2.90 bits per heavy atom. The van der Waals surface area contributed by atoms with Crippen molar-refractivity contribution in [2.45, 2.75) is 12.8 Å². The lowest BCUT2D eigenvalue weighted by Crippen LogP contribution is -2.35. The van der Waals surface area contributed by atoms with Gasteiger partial charge in [0.1, 0.15) is 4.88 Å². The van der Waals surface area contributed by atoms with Crippen molar-refractivity contribution in [1.82, 2.24) is 9.59 Å². The fourth-order valence-corrected chi connectivity index (χ4v) is 2.95. The number of rotatable bonds is 2. The van der Waals surface area contributed by atoms with E-state index >= 15 is 0 Å². The van der Waals surface area contributed by atoms with Crippen LogP contribution in [0.4, 0.5) is 5.69 Å². The number of hydrogen-bond donors (Lipinski definition) is 1. The topological polar surface area (TPSA) is 83.4 Å². The molecule has 1 aromatic carbocycles. The number of carboxylic acids is 1. The summed E-state index contributed by atoms with van der Waals surface area (Å²) in [5.74, 6) is -1.57. The van der Waals surface area contributed by atoms with Crippen molar-refractivity contribution < 1.29 is 14.7 Å². The van der Waals surface area contributed by atoms with E-state index in [2.05, 4.69) is 9.59 Å². The van der Waals surface area contributed by atoms with Crippen molar-refractivity contribution >= 4 is 29.1 Å². The molecule has 0 fully saturated rings. The number of hydrogen-bond acceptors (Lipinski definition) is 5. The van der Waals surface area contributed by atoms with Crippen LogP contribution in [0, 0.1) is 0 Å². The van der Waals surface area contributed by atoms with Crippen LogP contribution in [0.2, 0.25) is 0 Å². The maximum absolute atomic E-state index is 12.5. The van der Waals surface area contributed by atoms with E-state index in [-0.39, 0.29) is 16.5 Å². The Kier molecular flexibility index (Phi) is 3.19. The fourth-order valence-electron chi connectivity index (χ4n) is 2.34. The van der Waals surface area contributed by atoms with Crippen LogP contribution in [0.15, 0.2) is 24.3 Å². The third-order valence-corrected chi connectivity index (χ3v) is 3.95. The zero-order chi connectivity index (χ0) is 14.1. The predicted molar refractivity (Wildman–Crippen MR) is 73.3 cm³/mol. The lowest BCUT2D eigenvalue weighted by molar-refractivity contribution is 0.0685. The molecule has 1 aromatic heterocycles. The van der Waals surface area contributed by atoms with E-state index in [1.54, 1.807) is 4.90 Å². The number of carbonyl (C=O) groups is 2. The van der Waals surface area contributed by atoms with E-state index in [0.29, 0.717) is 6.54 Å². The highest BCUT2D eigenvalue weighted by Crippen LogP contribution is 2.29. The summed E-state index contributed by atoms with van der Waals surface area (Å²) < 4.78 is 3.58. The molecule has 2 aromatic rings. The molecule has 0 unspecified atom stereocenters. The highest BCUT2D eigenvalue weighted by molar-refractivity contribution is 7.08. The summed E-state index contributed by atoms with van der Waals surface area (Å²) >= 11 is 0.821. The molecule has 7 heteroatoms. The van der Waals surface area contributed by atoms with E-state index in [0.717, 1.165) is 35.6 Å². The molecule has 0 radical (unpaired) electrons. The second-order valence-electron chi connectivity index (χ2n) is 4.44. The second kappa shape index (κ2) is 5.01. The Bertz CT molecular complexity index is 683. The molecule has 0 aliphatic carbocycles. The summed E-state index contributed by atoms with van der Waals surface area (Å²) in [5, 5.41) is 12.5. The molecule has 102 valence electrons. The molecule has 20 heavy (non-hydrogen) atoms. The van der Waals surface area contributed by atoms with Gasteiger partial charge in [0.15, 0.2) is 5.69 Å². The summed E-state index contributed by atoms with van der Waals surface area (Å²) in [6, 6.07) is 7.66. The number of aromatic carboxylic acids is 1. The van der Waals surface area contributed by atoms with Crippen LogP contribution in [0.1, 0.15) is 32.1 Å². The van der Waals surface area contributed by atoms with Crippen molar-refractivity contribution in [1.29, 1.82) is 0 Å². The number of aryl methyl sites for hydroxylation is 1. The lowest BCUT2D eigenvalue weighted by atomic mass is 10.0.